The van der Waals surface area contributed by atoms with E-state index in [0.29, 0.717) is 5.70 Å². The number of likely N-dealkylation sites (tertiary alicyclic amines) is 1. The highest BCUT2D eigenvalue weighted by Crippen LogP contribution is 2.49. The van der Waals surface area contributed by atoms with Gasteiger partial charge in [-0.25, -0.2) is 0 Å². The molecule has 1 atom stereocenters. The van der Waals surface area contributed by atoms with Gasteiger partial charge in [0.05, 0.1) is 52.7 Å². The number of anilines is 2. The first kappa shape index (κ1) is 31.3. The molecule has 1 aromatic heterocycles. The third-order valence-electron chi connectivity index (χ3n) is 9.73. The van der Waals surface area contributed by atoms with Crippen LogP contribution in [0.25, 0.3) is 11.1 Å². The van der Waals surface area contributed by atoms with Crippen LogP contribution in [-0.2, 0) is 16.1 Å². The molecule has 48 heavy (non-hydrogen) atoms. The van der Waals surface area contributed by atoms with Gasteiger partial charge in [-0.05, 0) is 49.8 Å². The number of aromatic nitrogens is 2. The monoisotopic (exact) mass is 646 g/mol. The number of fused-ring (bicyclic) bond motifs is 3. The summed E-state index contributed by atoms with van der Waals surface area (Å²) in [5.41, 5.74) is 19.8. The number of carbonyl (C=O) groups excluding carboxylic acids is 2. The molecule has 4 aliphatic rings. The SMILES string of the molecule is CCC1c2c(cnn2C2CN(Cc3ccccc3C#N)C2)-c2cccc(NC(/C=C(\N)NC(=O)C3CC3)=C(/N)C(=O)NC3CC3)c2N1C. The largest absolute Gasteiger partial charge is 0.393 e. The maximum atomic E-state index is 13.1. The quantitative estimate of drug-likeness (QED) is 0.154. The summed E-state index contributed by atoms with van der Waals surface area (Å²) in [6.07, 6.45) is 7.89. The first-order valence-electron chi connectivity index (χ1n) is 16.7. The van der Waals surface area contributed by atoms with Crippen molar-refractivity contribution >= 4 is 23.2 Å². The molecule has 2 aromatic carbocycles. The van der Waals surface area contributed by atoms with Crippen LogP contribution in [0.2, 0.25) is 0 Å². The lowest BCUT2D eigenvalue weighted by Crippen LogP contribution is -2.48. The minimum absolute atomic E-state index is 0.00549. The van der Waals surface area contributed by atoms with Gasteiger partial charge in [0, 0.05) is 55.8 Å². The number of amides is 2. The highest BCUT2D eigenvalue weighted by atomic mass is 16.2. The van der Waals surface area contributed by atoms with Crippen molar-refractivity contribution in [3.63, 3.8) is 0 Å². The second-order valence-electron chi connectivity index (χ2n) is 13.3. The fourth-order valence-corrected chi connectivity index (χ4v) is 6.81. The van der Waals surface area contributed by atoms with Gasteiger partial charge in [-0.1, -0.05) is 37.3 Å². The molecule has 3 aromatic rings. The first-order valence-corrected chi connectivity index (χ1v) is 16.7. The average Bonchev–Trinajstić information content (AvgIpc) is 4.01. The number of nitrogens with two attached hydrogens (primary N) is 2. The number of hydrogen-bond acceptors (Lipinski definition) is 9. The Hall–Kier alpha value is -5.28. The molecule has 1 unspecified atom stereocenters. The van der Waals surface area contributed by atoms with Gasteiger partial charge in [-0.15, -0.1) is 0 Å². The van der Waals surface area contributed by atoms with Gasteiger partial charge in [-0.3, -0.25) is 19.2 Å². The molecule has 12 heteroatoms. The zero-order valence-corrected chi connectivity index (χ0v) is 27.4. The van der Waals surface area contributed by atoms with Crippen LogP contribution in [0.5, 0.6) is 0 Å². The molecule has 0 bridgehead atoms. The zero-order valence-electron chi connectivity index (χ0n) is 27.4. The van der Waals surface area contributed by atoms with Crippen LogP contribution in [0.4, 0.5) is 11.4 Å². The highest BCUT2D eigenvalue weighted by Gasteiger charge is 2.38. The normalized spacial score (nSPS) is 19.7. The molecule has 12 nitrogen and oxygen atoms in total. The minimum atomic E-state index is -0.378. The molecule has 2 aliphatic heterocycles. The molecule has 248 valence electrons. The smallest absolute Gasteiger partial charge is 0.269 e. The van der Waals surface area contributed by atoms with Crippen LogP contribution in [0.3, 0.4) is 0 Å². The van der Waals surface area contributed by atoms with Crippen molar-refractivity contribution in [2.24, 2.45) is 17.4 Å². The van der Waals surface area contributed by atoms with Crippen molar-refractivity contribution in [1.29, 1.82) is 5.26 Å². The maximum absolute atomic E-state index is 13.1. The fraction of sp³-hybridized carbons (Fsp3) is 0.389. The number of nitrogens with one attached hydrogen (secondary N) is 3. The van der Waals surface area contributed by atoms with E-state index in [9.17, 15) is 14.9 Å². The molecule has 3 heterocycles. The third kappa shape index (κ3) is 6.09. The van der Waals surface area contributed by atoms with E-state index in [2.05, 4.69) is 56.5 Å². The molecule has 0 spiro atoms. The molecular weight excluding hydrogens is 604 g/mol. The van der Waals surface area contributed by atoms with E-state index in [1.807, 2.05) is 42.6 Å². The van der Waals surface area contributed by atoms with Crippen LogP contribution in [0.1, 0.15) is 67.9 Å². The van der Waals surface area contributed by atoms with Crippen molar-refractivity contribution in [2.75, 3.05) is 30.4 Å². The number of para-hydroxylation sites is 1. The Kier molecular flexibility index (Phi) is 8.31. The van der Waals surface area contributed by atoms with Crippen LogP contribution in [-0.4, -0.2) is 52.7 Å². The third-order valence-corrected chi connectivity index (χ3v) is 9.73. The van der Waals surface area contributed by atoms with Crippen molar-refractivity contribution in [3.05, 3.63) is 88.8 Å². The summed E-state index contributed by atoms with van der Waals surface area (Å²) in [7, 11) is 2.08. The molecule has 2 aliphatic carbocycles. The Morgan fingerprint density at radius 3 is 2.54 bits per heavy atom. The van der Waals surface area contributed by atoms with Crippen LogP contribution in [0.15, 0.2) is 72.0 Å². The zero-order chi connectivity index (χ0) is 33.5. The summed E-state index contributed by atoms with van der Waals surface area (Å²) in [6, 6.07) is 16.5. The van der Waals surface area contributed by atoms with Gasteiger partial charge in [0.15, 0.2) is 0 Å². The van der Waals surface area contributed by atoms with E-state index in [4.69, 9.17) is 16.6 Å². The summed E-state index contributed by atoms with van der Waals surface area (Å²) < 4.78 is 2.19. The number of nitriles is 1. The van der Waals surface area contributed by atoms with E-state index in [-0.39, 0.29) is 47.4 Å². The number of rotatable bonds is 11. The molecule has 0 radical (unpaired) electrons. The van der Waals surface area contributed by atoms with Crippen molar-refractivity contribution in [2.45, 2.75) is 63.7 Å². The Morgan fingerprint density at radius 1 is 1.06 bits per heavy atom. The molecule has 2 amide bonds. The lowest BCUT2D eigenvalue weighted by Gasteiger charge is -2.43. The average molecular weight is 647 g/mol. The summed E-state index contributed by atoms with van der Waals surface area (Å²) in [4.78, 5) is 30.1. The Morgan fingerprint density at radius 2 is 1.83 bits per heavy atom. The van der Waals surface area contributed by atoms with Gasteiger partial charge < -0.3 is 32.3 Å². The second kappa shape index (κ2) is 12.7. The van der Waals surface area contributed by atoms with Gasteiger partial charge in [0.1, 0.15) is 11.5 Å². The Bertz CT molecular complexity index is 1860. The predicted octanol–water partition coefficient (Wildman–Crippen LogP) is 3.57. The number of benzene rings is 2. The minimum Gasteiger partial charge on any atom is -0.393 e. The Labute approximate surface area is 280 Å². The van der Waals surface area contributed by atoms with Crippen molar-refractivity contribution in [1.82, 2.24) is 25.3 Å². The summed E-state index contributed by atoms with van der Waals surface area (Å²) >= 11 is 0. The van der Waals surface area contributed by atoms with Crippen LogP contribution >= 0.6 is 0 Å². The van der Waals surface area contributed by atoms with Gasteiger partial charge >= 0.3 is 0 Å². The molecule has 7 rings (SSSR count). The van der Waals surface area contributed by atoms with Gasteiger partial charge in [0.2, 0.25) is 5.91 Å². The van der Waals surface area contributed by atoms with E-state index < -0.39 is 0 Å². The molecule has 2 saturated carbocycles. The second-order valence-corrected chi connectivity index (χ2v) is 13.3. The van der Waals surface area contributed by atoms with Gasteiger partial charge in [0.25, 0.3) is 5.91 Å². The van der Waals surface area contributed by atoms with E-state index in [1.165, 1.54) is 11.8 Å². The maximum Gasteiger partial charge on any atom is 0.269 e. The lowest BCUT2D eigenvalue weighted by molar-refractivity contribution is -0.121. The number of allylic oxidation sites excluding steroid dienone is 1. The lowest BCUT2D eigenvalue weighted by atomic mass is 9.91. The summed E-state index contributed by atoms with van der Waals surface area (Å²) in [6.45, 7) is 4.61. The van der Waals surface area contributed by atoms with E-state index >= 15 is 0 Å². The topological polar surface area (TPSA) is 170 Å². The number of hydrogen-bond donors (Lipinski definition) is 5. The van der Waals surface area contributed by atoms with Crippen molar-refractivity contribution in [3.8, 4) is 17.2 Å². The van der Waals surface area contributed by atoms with Crippen molar-refractivity contribution < 1.29 is 9.59 Å². The molecule has 3 fully saturated rings. The van der Waals surface area contributed by atoms with Crippen LogP contribution < -0.4 is 32.3 Å². The van der Waals surface area contributed by atoms with Gasteiger partial charge in [-0.2, -0.15) is 10.4 Å². The van der Waals surface area contributed by atoms with Crippen LogP contribution in [0, 0.1) is 17.2 Å². The number of carbonyl (C=O) groups is 2. The molecule has 7 N–H and O–H groups in total. The summed E-state index contributed by atoms with van der Waals surface area (Å²) in [5, 5.41) is 23.6. The molecule has 1 saturated heterocycles. The fourth-order valence-electron chi connectivity index (χ4n) is 6.81. The Balaban J connectivity index is 1.17. The standard InChI is InChI=1S/C36H42N10O2/c1-3-30-34-27(17-40-46(34)25-19-45(20-25)18-23-8-5-4-7-22(23)16-37)26-9-6-10-28(33(26)44(30)2)42-29(32(39)36(48)41-24-13-14-24)15-31(38)43-35(47)21-11-12-21/h4-10,15,17,21,24-25,30,42H,3,11-14,18-20,38-39H2,1-2H3,(H,41,48)(H,43,47)/b31-15+,32-29+. The first-order chi connectivity index (χ1) is 23.2. The predicted molar refractivity (Wildman–Crippen MR) is 184 cm³/mol. The highest BCUT2D eigenvalue weighted by molar-refractivity contribution is 5.96. The summed E-state index contributed by atoms with van der Waals surface area (Å²) in [5.74, 6) is -0.406. The molecular formula is C36H42N10O2. The van der Waals surface area contributed by atoms with E-state index in [1.54, 1.807) is 0 Å². The van der Waals surface area contributed by atoms with E-state index in [0.717, 1.165) is 85.4 Å². The number of nitrogens with zero attached hydrogens (tertiary/aromatic N) is 5.